The summed E-state index contributed by atoms with van der Waals surface area (Å²) in [6, 6.07) is 0.287. The van der Waals surface area contributed by atoms with Crippen molar-refractivity contribution in [3.8, 4) is 0 Å². The fraction of sp³-hybridized carbons (Fsp3) is 0.556. The summed E-state index contributed by atoms with van der Waals surface area (Å²) < 4.78 is 1.90. The number of halogens is 1. The number of hydrogen-bond acceptors (Lipinski definition) is 2. The third-order valence-electron chi connectivity index (χ3n) is 4.41. The van der Waals surface area contributed by atoms with Crippen molar-refractivity contribution in [2.45, 2.75) is 45.3 Å². The van der Waals surface area contributed by atoms with Crippen molar-refractivity contribution in [1.29, 1.82) is 0 Å². The molecule has 1 aliphatic carbocycles. The first-order valence-corrected chi connectivity index (χ1v) is 8.22. The van der Waals surface area contributed by atoms with Crippen LogP contribution < -0.4 is 0 Å². The molecule has 0 spiro atoms. The predicted molar refractivity (Wildman–Crippen MR) is 90.0 cm³/mol. The molecule has 0 bridgehead atoms. The summed E-state index contributed by atoms with van der Waals surface area (Å²) in [6.07, 6.45) is 17.0. The van der Waals surface area contributed by atoms with Crippen LogP contribution in [0, 0.1) is 11.8 Å². The van der Waals surface area contributed by atoms with Crippen LogP contribution in [0.4, 0.5) is 0 Å². The van der Waals surface area contributed by atoms with Gasteiger partial charge in [0, 0.05) is 12.6 Å². The molecule has 0 saturated carbocycles. The molecule has 0 aromatic rings. The van der Waals surface area contributed by atoms with E-state index < -0.39 is 6.10 Å². The smallest absolute Gasteiger partial charge is 0.0816 e. The van der Waals surface area contributed by atoms with E-state index in [9.17, 15) is 5.11 Å². The minimum Gasteiger partial charge on any atom is -0.388 e. The summed E-state index contributed by atoms with van der Waals surface area (Å²) in [5.74, 6) is 0.657. The molecule has 21 heavy (non-hydrogen) atoms. The second-order valence-corrected chi connectivity index (χ2v) is 6.55. The van der Waals surface area contributed by atoms with E-state index in [0.29, 0.717) is 5.92 Å². The monoisotopic (exact) mass is 307 g/mol. The molecule has 2 rings (SSSR count). The van der Waals surface area contributed by atoms with Crippen LogP contribution in [-0.4, -0.2) is 28.2 Å². The summed E-state index contributed by atoms with van der Waals surface area (Å²) in [5.41, 5.74) is 1.04. The lowest BCUT2D eigenvalue weighted by atomic mass is 9.84. The molecule has 1 fully saturated rings. The maximum absolute atomic E-state index is 10.8. The molecule has 0 radical (unpaired) electrons. The van der Waals surface area contributed by atoms with Crippen molar-refractivity contribution < 1.29 is 5.11 Å². The third-order valence-corrected chi connectivity index (χ3v) is 4.89. The predicted octanol–water partition coefficient (Wildman–Crippen LogP) is 4.24. The molecule has 0 aromatic carbocycles. The fourth-order valence-corrected chi connectivity index (χ4v) is 3.53. The van der Waals surface area contributed by atoms with Gasteiger partial charge in [-0.1, -0.05) is 42.5 Å². The Labute approximate surface area is 133 Å². The first-order chi connectivity index (χ1) is 10.1. The highest BCUT2D eigenvalue weighted by Gasteiger charge is 2.31. The van der Waals surface area contributed by atoms with Gasteiger partial charge in [0.1, 0.15) is 0 Å². The molecule has 4 unspecified atom stereocenters. The lowest BCUT2D eigenvalue weighted by molar-refractivity contribution is 0.125. The van der Waals surface area contributed by atoms with Crippen LogP contribution in [0.25, 0.3) is 0 Å². The quantitative estimate of drug-likeness (QED) is 0.623. The summed E-state index contributed by atoms with van der Waals surface area (Å²) >= 11 is 6.36. The van der Waals surface area contributed by atoms with E-state index in [1.165, 1.54) is 0 Å². The van der Waals surface area contributed by atoms with Crippen molar-refractivity contribution in [2.75, 3.05) is 6.54 Å². The Bertz CT molecular complexity index is 452. The molecule has 0 amide bonds. The summed E-state index contributed by atoms with van der Waals surface area (Å²) in [7, 11) is 0. The first-order valence-electron chi connectivity index (χ1n) is 7.88. The maximum atomic E-state index is 10.8. The first kappa shape index (κ1) is 16.5. The number of rotatable bonds is 3. The molecule has 1 aliphatic heterocycles. The van der Waals surface area contributed by atoms with E-state index in [4.69, 9.17) is 11.8 Å². The van der Waals surface area contributed by atoms with Gasteiger partial charge in [-0.3, -0.25) is 0 Å². The Kier molecular flexibility index (Phi) is 6.28. The van der Waals surface area contributed by atoms with Gasteiger partial charge in [0.2, 0.25) is 0 Å². The Balaban J connectivity index is 2.13. The van der Waals surface area contributed by atoms with Crippen LogP contribution in [0.3, 0.4) is 0 Å². The molecule has 0 aromatic heterocycles. The van der Waals surface area contributed by atoms with Gasteiger partial charge in [-0.15, -0.1) is 0 Å². The lowest BCUT2D eigenvalue weighted by Gasteiger charge is -2.25. The van der Waals surface area contributed by atoms with E-state index >= 15 is 0 Å². The number of aliphatic hydroxyl groups is 1. The Morgan fingerprint density at radius 2 is 2.19 bits per heavy atom. The molecule has 1 N–H and O–H groups in total. The molecule has 3 heteroatoms. The Hall–Kier alpha value is -0.830. The Morgan fingerprint density at radius 1 is 1.38 bits per heavy atom. The van der Waals surface area contributed by atoms with Crippen molar-refractivity contribution in [3.05, 3.63) is 48.1 Å². The normalized spacial score (nSPS) is 32.8. The topological polar surface area (TPSA) is 23.5 Å². The van der Waals surface area contributed by atoms with Gasteiger partial charge in [0.05, 0.1) is 6.10 Å². The zero-order valence-electron chi connectivity index (χ0n) is 13.0. The number of allylic oxidation sites excluding steroid dienone is 5. The van der Waals surface area contributed by atoms with Gasteiger partial charge >= 0.3 is 0 Å². The number of nitrogens with zero attached hydrogens (tertiary/aromatic N) is 1. The summed E-state index contributed by atoms with van der Waals surface area (Å²) in [6.45, 7) is 5.04. The van der Waals surface area contributed by atoms with Crippen LogP contribution in [0.1, 0.15) is 33.1 Å². The minimum absolute atomic E-state index is 0.249. The van der Waals surface area contributed by atoms with Gasteiger partial charge in [-0.25, -0.2) is 4.42 Å². The van der Waals surface area contributed by atoms with E-state index in [1.54, 1.807) is 0 Å². The molecule has 1 saturated heterocycles. The summed E-state index contributed by atoms with van der Waals surface area (Å²) in [4.78, 5) is 0. The number of aliphatic hydroxyl groups excluding tert-OH is 1. The molecule has 4 atom stereocenters. The van der Waals surface area contributed by atoms with E-state index in [0.717, 1.165) is 31.4 Å². The van der Waals surface area contributed by atoms with Gasteiger partial charge in [0.15, 0.2) is 0 Å². The zero-order chi connectivity index (χ0) is 15.2. The number of hydrogen-bond donors (Lipinski definition) is 1. The van der Waals surface area contributed by atoms with Crippen LogP contribution >= 0.6 is 11.8 Å². The van der Waals surface area contributed by atoms with Crippen molar-refractivity contribution in [3.63, 3.8) is 0 Å². The molecule has 2 nitrogen and oxygen atoms in total. The zero-order valence-corrected chi connectivity index (χ0v) is 13.7. The standard InChI is InChI=1S/C18H26ClNO/c1-3-8-15-12-17(11-14(2)20(19)13-15)18(21)16-9-6-4-5-7-10-16/h3-6,8-10,14-15,17-18,21H,7,11-13H2,1-2H3/b8-3-. The average Bonchev–Trinajstić information content (AvgIpc) is 2.80. The largest absolute Gasteiger partial charge is 0.388 e. The van der Waals surface area contributed by atoms with E-state index in [-0.39, 0.29) is 12.0 Å². The van der Waals surface area contributed by atoms with Gasteiger partial charge in [-0.05, 0) is 62.3 Å². The SMILES string of the molecule is C/C=C\C1CC(C(O)C2=CCC=CC=C2)CC(C)N(Cl)C1. The van der Waals surface area contributed by atoms with Gasteiger partial charge in [0.25, 0.3) is 0 Å². The second-order valence-electron chi connectivity index (χ2n) is 6.12. The summed E-state index contributed by atoms with van der Waals surface area (Å²) in [5, 5.41) is 10.8. The van der Waals surface area contributed by atoms with E-state index in [2.05, 4.69) is 31.2 Å². The fourth-order valence-electron chi connectivity index (χ4n) is 3.27. The van der Waals surface area contributed by atoms with E-state index in [1.807, 2.05) is 29.6 Å². The minimum atomic E-state index is -0.403. The van der Waals surface area contributed by atoms with Crippen LogP contribution in [-0.2, 0) is 0 Å². The van der Waals surface area contributed by atoms with Crippen LogP contribution in [0.2, 0.25) is 0 Å². The molecule has 1 heterocycles. The van der Waals surface area contributed by atoms with Gasteiger partial charge < -0.3 is 5.11 Å². The lowest BCUT2D eigenvalue weighted by Crippen LogP contribution is -2.28. The highest BCUT2D eigenvalue weighted by molar-refractivity contribution is 6.13. The van der Waals surface area contributed by atoms with Crippen LogP contribution in [0.5, 0.6) is 0 Å². The Morgan fingerprint density at radius 3 is 2.95 bits per heavy atom. The molecular formula is C18H26ClNO. The average molecular weight is 308 g/mol. The molecule has 2 aliphatic rings. The van der Waals surface area contributed by atoms with Crippen molar-refractivity contribution in [2.24, 2.45) is 11.8 Å². The van der Waals surface area contributed by atoms with Crippen molar-refractivity contribution in [1.82, 2.24) is 4.42 Å². The molecular weight excluding hydrogens is 282 g/mol. The van der Waals surface area contributed by atoms with Crippen molar-refractivity contribution >= 4 is 11.8 Å². The third kappa shape index (κ3) is 4.57. The highest BCUT2D eigenvalue weighted by Crippen LogP contribution is 2.33. The van der Waals surface area contributed by atoms with Crippen LogP contribution in [0.15, 0.2) is 48.1 Å². The molecule has 116 valence electrons. The second kappa shape index (κ2) is 7.98. The van der Waals surface area contributed by atoms with Gasteiger partial charge in [-0.2, -0.15) is 0 Å². The highest BCUT2D eigenvalue weighted by atomic mass is 35.5. The maximum Gasteiger partial charge on any atom is 0.0816 e.